The van der Waals surface area contributed by atoms with Crippen LogP contribution in [0.25, 0.3) is 0 Å². The maximum absolute atomic E-state index is 12.3. The zero-order valence-electron chi connectivity index (χ0n) is 16.4. The van der Waals surface area contributed by atoms with Gasteiger partial charge in [-0.1, -0.05) is 25.5 Å². The Morgan fingerprint density at radius 1 is 1.11 bits per heavy atom. The van der Waals surface area contributed by atoms with E-state index in [0.29, 0.717) is 19.3 Å². The summed E-state index contributed by atoms with van der Waals surface area (Å²) in [5, 5.41) is 55.9. The Morgan fingerprint density at radius 2 is 1.78 bits per heavy atom. The number of aliphatic hydroxyl groups excluding tert-OH is 3. The van der Waals surface area contributed by atoms with E-state index in [1.165, 1.54) is 6.92 Å². The molecule has 4 aliphatic carbocycles. The summed E-state index contributed by atoms with van der Waals surface area (Å²) in [4.78, 5) is 12.3. The van der Waals surface area contributed by atoms with Crippen LogP contribution in [-0.2, 0) is 4.79 Å². The van der Waals surface area contributed by atoms with Gasteiger partial charge in [0.2, 0.25) is 0 Å². The van der Waals surface area contributed by atoms with Crippen LogP contribution in [0.2, 0.25) is 0 Å². The number of carbonyl (C=O) groups excluding carboxylic acids is 1. The molecule has 0 saturated heterocycles. The molecule has 0 aromatic carbocycles. The van der Waals surface area contributed by atoms with Crippen molar-refractivity contribution in [3.63, 3.8) is 0 Å². The molecule has 0 aliphatic heterocycles. The minimum absolute atomic E-state index is 0.0421. The molecular weight excluding hydrogens is 348 g/mol. The van der Waals surface area contributed by atoms with Crippen LogP contribution < -0.4 is 0 Å². The number of aliphatic hydroxyl groups is 5. The molecule has 0 aromatic rings. The van der Waals surface area contributed by atoms with Gasteiger partial charge in [0, 0.05) is 17.3 Å². The van der Waals surface area contributed by atoms with Gasteiger partial charge in [-0.3, -0.25) is 4.79 Å². The van der Waals surface area contributed by atoms with Crippen LogP contribution in [0.4, 0.5) is 0 Å². The standard InChI is InChI=1S/C21H32O6/c1-11(22)14-9-17(25)21(27)19(14,3)16(24)10-15-18(2)6-5-13(23)8-12(18)4-7-20(15,21)26/h4,13-17,23-27H,5-10H2,1-3H3. The third-order valence-electron chi connectivity index (χ3n) is 8.98. The monoisotopic (exact) mass is 380 g/mol. The molecule has 3 saturated carbocycles. The maximum atomic E-state index is 12.3. The molecule has 4 aliphatic rings. The summed E-state index contributed by atoms with van der Waals surface area (Å²) in [5.41, 5.74) is -4.31. The fourth-order valence-corrected chi connectivity index (χ4v) is 7.32. The topological polar surface area (TPSA) is 118 Å². The number of Topliss-reactive ketones (excluding diaryl/α,β-unsaturated/α-hetero) is 1. The molecule has 9 atom stereocenters. The van der Waals surface area contributed by atoms with Gasteiger partial charge in [-0.2, -0.15) is 0 Å². The van der Waals surface area contributed by atoms with Crippen molar-refractivity contribution in [2.75, 3.05) is 0 Å². The average Bonchev–Trinajstić information content (AvgIpc) is 2.82. The molecule has 152 valence electrons. The Bertz CT molecular complexity index is 705. The summed E-state index contributed by atoms with van der Waals surface area (Å²) in [6.07, 6.45) is 1.44. The Kier molecular flexibility index (Phi) is 4.07. The molecule has 0 radical (unpaired) electrons. The fraction of sp³-hybridized carbons (Fsp3) is 0.857. The highest BCUT2D eigenvalue weighted by Gasteiger charge is 2.79. The van der Waals surface area contributed by atoms with Crippen molar-refractivity contribution in [3.05, 3.63) is 11.6 Å². The van der Waals surface area contributed by atoms with Crippen molar-refractivity contribution < 1.29 is 30.3 Å². The Balaban J connectivity index is 1.88. The molecule has 0 aromatic heterocycles. The predicted molar refractivity (Wildman–Crippen MR) is 97.6 cm³/mol. The number of hydrogen-bond acceptors (Lipinski definition) is 6. The zero-order chi connectivity index (χ0) is 20.0. The van der Waals surface area contributed by atoms with Crippen LogP contribution in [-0.4, -0.2) is 60.8 Å². The van der Waals surface area contributed by atoms with Gasteiger partial charge in [-0.05, 0) is 50.9 Å². The first kappa shape index (κ1) is 19.5. The van der Waals surface area contributed by atoms with Gasteiger partial charge >= 0.3 is 0 Å². The molecule has 0 amide bonds. The zero-order valence-corrected chi connectivity index (χ0v) is 16.4. The maximum Gasteiger partial charge on any atom is 0.133 e. The number of carbonyl (C=O) groups is 1. The van der Waals surface area contributed by atoms with E-state index in [1.54, 1.807) is 6.92 Å². The van der Waals surface area contributed by atoms with Gasteiger partial charge in [0.05, 0.1) is 18.3 Å². The second kappa shape index (κ2) is 5.63. The quantitative estimate of drug-likeness (QED) is 0.427. The van der Waals surface area contributed by atoms with Gasteiger partial charge in [0.15, 0.2) is 0 Å². The number of rotatable bonds is 1. The average molecular weight is 380 g/mol. The highest BCUT2D eigenvalue weighted by Crippen LogP contribution is 2.69. The summed E-state index contributed by atoms with van der Waals surface area (Å²) in [6, 6.07) is 0. The van der Waals surface area contributed by atoms with E-state index in [2.05, 4.69) is 0 Å². The van der Waals surface area contributed by atoms with Gasteiger partial charge in [-0.15, -0.1) is 0 Å². The van der Waals surface area contributed by atoms with E-state index >= 15 is 0 Å². The molecule has 4 rings (SSSR count). The van der Waals surface area contributed by atoms with Gasteiger partial charge in [-0.25, -0.2) is 0 Å². The molecule has 5 N–H and O–H groups in total. The van der Waals surface area contributed by atoms with Crippen molar-refractivity contribution in [1.82, 2.24) is 0 Å². The van der Waals surface area contributed by atoms with Crippen LogP contribution in [0.5, 0.6) is 0 Å². The number of ketones is 1. The first-order chi connectivity index (χ1) is 12.4. The smallest absolute Gasteiger partial charge is 0.133 e. The normalized spacial score (nSPS) is 57.3. The van der Waals surface area contributed by atoms with Gasteiger partial charge in [0.25, 0.3) is 0 Å². The largest absolute Gasteiger partial charge is 0.393 e. The molecular formula is C21H32O6. The van der Waals surface area contributed by atoms with Crippen LogP contribution >= 0.6 is 0 Å². The van der Waals surface area contributed by atoms with Crippen molar-refractivity contribution >= 4 is 5.78 Å². The molecule has 27 heavy (non-hydrogen) atoms. The SMILES string of the molecule is CC(=O)C1CC(O)C2(O)C3(O)CC=C4CC(O)CCC4(C)C3CC(O)C12C. The van der Waals surface area contributed by atoms with Gasteiger partial charge < -0.3 is 25.5 Å². The van der Waals surface area contributed by atoms with E-state index in [1.807, 2.05) is 13.0 Å². The van der Waals surface area contributed by atoms with Gasteiger partial charge in [0.1, 0.15) is 17.0 Å². The third kappa shape index (κ3) is 2.06. The minimum Gasteiger partial charge on any atom is -0.393 e. The van der Waals surface area contributed by atoms with E-state index in [-0.39, 0.29) is 25.0 Å². The van der Waals surface area contributed by atoms with E-state index in [9.17, 15) is 30.3 Å². The van der Waals surface area contributed by atoms with E-state index in [4.69, 9.17) is 0 Å². The van der Waals surface area contributed by atoms with Crippen molar-refractivity contribution in [2.24, 2.45) is 22.7 Å². The van der Waals surface area contributed by atoms with Crippen LogP contribution in [0.15, 0.2) is 11.6 Å². The molecule has 6 nitrogen and oxygen atoms in total. The van der Waals surface area contributed by atoms with Crippen molar-refractivity contribution in [3.8, 4) is 0 Å². The summed E-state index contributed by atoms with van der Waals surface area (Å²) >= 11 is 0. The van der Waals surface area contributed by atoms with Crippen LogP contribution in [0, 0.1) is 22.7 Å². The van der Waals surface area contributed by atoms with Crippen molar-refractivity contribution in [2.45, 2.75) is 88.8 Å². The molecule has 6 heteroatoms. The Morgan fingerprint density at radius 3 is 2.41 bits per heavy atom. The van der Waals surface area contributed by atoms with Crippen LogP contribution in [0.3, 0.4) is 0 Å². The third-order valence-corrected chi connectivity index (χ3v) is 8.98. The fourth-order valence-electron chi connectivity index (χ4n) is 7.32. The predicted octanol–water partition coefficient (Wildman–Crippen LogP) is 0.687. The lowest BCUT2D eigenvalue weighted by Crippen LogP contribution is -2.78. The van der Waals surface area contributed by atoms with Crippen molar-refractivity contribution in [1.29, 1.82) is 0 Å². The van der Waals surface area contributed by atoms with Crippen LogP contribution in [0.1, 0.15) is 59.3 Å². The first-order valence-electron chi connectivity index (χ1n) is 10.1. The van der Waals surface area contributed by atoms with E-state index < -0.39 is 52.2 Å². The minimum atomic E-state index is -1.97. The van der Waals surface area contributed by atoms with E-state index in [0.717, 1.165) is 5.57 Å². The lowest BCUT2D eigenvalue weighted by atomic mass is 9.42. The molecule has 3 fully saturated rings. The second-order valence-corrected chi connectivity index (χ2v) is 9.94. The second-order valence-electron chi connectivity index (χ2n) is 9.94. The Hall–Kier alpha value is -0.790. The number of fused-ring (bicyclic) bond motifs is 5. The molecule has 0 bridgehead atoms. The summed E-state index contributed by atoms with van der Waals surface area (Å²) in [7, 11) is 0. The molecule has 9 unspecified atom stereocenters. The summed E-state index contributed by atoms with van der Waals surface area (Å²) in [6.45, 7) is 5.09. The number of hydrogen-bond donors (Lipinski definition) is 5. The Labute approximate surface area is 159 Å². The molecule has 0 heterocycles. The lowest BCUT2D eigenvalue weighted by Gasteiger charge is -2.66. The molecule has 0 spiro atoms. The lowest BCUT2D eigenvalue weighted by molar-refractivity contribution is -0.317. The highest BCUT2D eigenvalue weighted by molar-refractivity contribution is 5.80. The summed E-state index contributed by atoms with van der Waals surface area (Å²) in [5.74, 6) is -1.35. The first-order valence-corrected chi connectivity index (χ1v) is 10.1. The highest BCUT2D eigenvalue weighted by atomic mass is 16.4. The summed E-state index contributed by atoms with van der Waals surface area (Å²) < 4.78 is 0.